The number of aryl methyl sites for hydroxylation is 1. The molecule has 0 saturated heterocycles. The molecule has 0 bridgehead atoms. The van der Waals surface area contributed by atoms with E-state index in [0.717, 1.165) is 15.6 Å². The van der Waals surface area contributed by atoms with Crippen LogP contribution in [0.4, 0.5) is 14.5 Å². The quantitative estimate of drug-likeness (QED) is 0.294. The van der Waals surface area contributed by atoms with Gasteiger partial charge in [0.05, 0.1) is 17.0 Å². The zero-order valence-corrected chi connectivity index (χ0v) is 21.5. The minimum absolute atomic E-state index is 0.0506. The summed E-state index contributed by atoms with van der Waals surface area (Å²) in [6.45, 7) is 1.92. The van der Waals surface area contributed by atoms with Crippen LogP contribution in [-0.4, -0.2) is 28.3 Å². The first kappa shape index (κ1) is 26.0. The molecule has 3 N–H and O–H groups in total. The Bertz CT molecular complexity index is 1800. The number of halogens is 2. The molecule has 0 atom stereocenters. The Hall–Kier alpha value is -4.64. The number of nitrogens with zero attached hydrogens (tertiary/aromatic N) is 3. The largest absolute Gasteiger partial charge is 0.381 e. The van der Waals surface area contributed by atoms with E-state index in [1.165, 1.54) is 42.9 Å². The number of amides is 1. The van der Waals surface area contributed by atoms with Crippen molar-refractivity contribution in [2.24, 2.45) is 5.73 Å². The lowest BCUT2D eigenvalue weighted by Gasteiger charge is -2.13. The van der Waals surface area contributed by atoms with E-state index in [-0.39, 0.29) is 23.5 Å². The molecule has 0 aliphatic carbocycles. The first-order valence-electron chi connectivity index (χ1n) is 11.9. The summed E-state index contributed by atoms with van der Waals surface area (Å²) in [7, 11) is -3.98. The molecule has 39 heavy (non-hydrogen) atoms. The molecule has 8 nitrogen and oxygen atoms in total. The van der Waals surface area contributed by atoms with E-state index < -0.39 is 27.6 Å². The third kappa shape index (κ3) is 5.34. The third-order valence-electron chi connectivity index (χ3n) is 6.14. The van der Waals surface area contributed by atoms with E-state index in [0.29, 0.717) is 33.5 Å². The number of carbonyl (C=O) groups excluding carboxylic acids is 1. The summed E-state index contributed by atoms with van der Waals surface area (Å²) in [5.74, 6) is -2.02. The summed E-state index contributed by atoms with van der Waals surface area (Å²) >= 11 is 0. The number of hydrogen-bond donors (Lipinski definition) is 2. The summed E-state index contributed by atoms with van der Waals surface area (Å²) < 4.78 is 55.6. The molecular weight excluding hydrogens is 524 g/mol. The number of anilines is 1. The summed E-state index contributed by atoms with van der Waals surface area (Å²) in [4.78, 5) is 20.6. The molecular formula is C28H23F2N5O3S. The maximum Gasteiger partial charge on any atom is 0.269 e. The molecule has 0 aliphatic rings. The molecule has 5 rings (SSSR count). The number of fused-ring (bicyclic) bond motifs is 1. The van der Waals surface area contributed by atoms with Crippen molar-refractivity contribution in [2.75, 3.05) is 5.32 Å². The number of hydrogen-bond acceptors (Lipinski definition) is 6. The maximum absolute atomic E-state index is 13.7. The number of nitrogens with one attached hydrogen (secondary N) is 1. The van der Waals surface area contributed by atoms with Crippen molar-refractivity contribution in [3.8, 4) is 11.3 Å². The van der Waals surface area contributed by atoms with Crippen molar-refractivity contribution in [3.63, 3.8) is 0 Å². The molecule has 3 aromatic heterocycles. The molecule has 0 saturated carbocycles. The second kappa shape index (κ2) is 10.3. The minimum Gasteiger partial charge on any atom is -0.381 e. The summed E-state index contributed by atoms with van der Waals surface area (Å²) in [6, 6.07) is 14.7. The van der Waals surface area contributed by atoms with Crippen LogP contribution in [0, 0.1) is 18.6 Å². The normalized spacial score (nSPS) is 11.6. The fraction of sp³-hybridized carbons (Fsp3) is 0.107. The lowest BCUT2D eigenvalue weighted by molar-refractivity contribution is -0.117. The van der Waals surface area contributed by atoms with Crippen LogP contribution in [0.15, 0.2) is 84.1 Å². The van der Waals surface area contributed by atoms with Gasteiger partial charge in [0.2, 0.25) is 5.91 Å². The summed E-state index contributed by atoms with van der Waals surface area (Å²) in [6.07, 6.45) is 4.29. The van der Waals surface area contributed by atoms with Gasteiger partial charge in [0, 0.05) is 53.4 Å². The van der Waals surface area contributed by atoms with Crippen LogP contribution in [0.3, 0.4) is 0 Å². The standard InChI is InChI=1S/C28H23F2N5O3S/c1-17-4-6-22(7-5-17)39(37,38)35-16-24(23-3-2-8-32-28(23)35)26-13-25(19(15-34-26)11-27(31)36)33-14-18-9-20(29)12-21(30)10-18/h2-10,12-13,15-16H,11,14H2,1H3,(H2,31,36)(H,33,34). The van der Waals surface area contributed by atoms with Crippen molar-refractivity contribution < 1.29 is 22.0 Å². The van der Waals surface area contributed by atoms with E-state index in [4.69, 9.17) is 5.73 Å². The maximum atomic E-state index is 13.7. The predicted molar refractivity (Wildman–Crippen MR) is 143 cm³/mol. The third-order valence-corrected chi connectivity index (χ3v) is 7.81. The van der Waals surface area contributed by atoms with E-state index >= 15 is 0 Å². The fourth-order valence-corrected chi connectivity index (χ4v) is 5.60. The van der Waals surface area contributed by atoms with Gasteiger partial charge in [0.25, 0.3) is 10.0 Å². The molecule has 11 heteroatoms. The second-order valence-electron chi connectivity index (χ2n) is 9.03. The molecule has 0 spiro atoms. The first-order chi connectivity index (χ1) is 18.6. The Morgan fingerprint density at radius 2 is 1.74 bits per heavy atom. The second-order valence-corrected chi connectivity index (χ2v) is 10.8. The average molecular weight is 548 g/mol. The number of pyridine rings is 2. The average Bonchev–Trinajstić information content (AvgIpc) is 3.28. The molecule has 3 heterocycles. The number of carbonyl (C=O) groups is 1. The lowest BCUT2D eigenvalue weighted by atomic mass is 10.1. The van der Waals surface area contributed by atoms with Crippen LogP contribution in [0.25, 0.3) is 22.3 Å². The Labute approximate surface area is 223 Å². The van der Waals surface area contributed by atoms with Crippen LogP contribution < -0.4 is 11.1 Å². The highest BCUT2D eigenvalue weighted by Crippen LogP contribution is 2.33. The molecule has 0 radical (unpaired) electrons. The van der Waals surface area contributed by atoms with Gasteiger partial charge in [-0.3, -0.25) is 9.78 Å². The van der Waals surface area contributed by atoms with E-state index in [1.807, 2.05) is 6.92 Å². The lowest BCUT2D eigenvalue weighted by Crippen LogP contribution is -2.15. The van der Waals surface area contributed by atoms with E-state index in [9.17, 15) is 22.0 Å². The van der Waals surface area contributed by atoms with Crippen molar-refractivity contribution >= 4 is 32.7 Å². The summed E-state index contributed by atoms with van der Waals surface area (Å²) in [5, 5.41) is 3.64. The Morgan fingerprint density at radius 3 is 2.44 bits per heavy atom. The summed E-state index contributed by atoms with van der Waals surface area (Å²) in [5.41, 5.74) is 8.71. The topological polar surface area (TPSA) is 120 Å². The Kier molecular flexibility index (Phi) is 6.83. The van der Waals surface area contributed by atoms with Gasteiger partial charge in [0.15, 0.2) is 5.65 Å². The monoisotopic (exact) mass is 547 g/mol. The molecule has 5 aromatic rings. The number of benzene rings is 2. The molecule has 1 amide bonds. The first-order valence-corrected chi connectivity index (χ1v) is 13.3. The number of rotatable bonds is 8. The molecule has 2 aromatic carbocycles. The highest BCUT2D eigenvalue weighted by molar-refractivity contribution is 7.90. The molecule has 0 fully saturated rings. The van der Waals surface area contributed by atoms with E-state index in [2.05, 4.69) is 15.3 Å². The molecule has 198 valence electrons. The fourth-order valence-electron chi connectivity index (χ4n) is 4.28. The highest BCUT2D eigenvalue weighted by Gasteiger charge is 2.23. The number of aromatic nitrogens is 3. The van der Waals surface area contributed by atoms with E-state index in [1.54, 1.807) is 30.3 Å². The van der Waals surface area contributed by atoms with Gasteiger partial charge in [-0.05, 0) is 55.0 Å². The predicted octanol–water partition coefficient (Wildman–Crippen LogP) is 4.56. The van der Waals surface area contributed by atoms with Gasteiger partial charge in [-0.25, -0.2) is 26.2 Å². The van der Waals surface area contributed by atoms with Crippen LogP contribution in [0.2, 0.25) is 0 Å². The van der Waals surface area contributed by atoms with Crippen LogP contribution in [-0.2, 0) is 27.8 Å². The Morgan fingerprint density at radius 1 is 1.03 bits per heavy atom. The van der Waals surface area contributed by atoms with Gasteiger partial charge >= 0.3 is 0 Å². The zero-order valence-electron chi connectivity index (χ0n) is 20.7. The van der Waals surface area contributed by atoms with Gasteiger partial charge in [0.1, 0.15) is 11.6 Å². The highest BCUT2D eigenvalue weighted by atomic mass is 32.2. The Balaban J connectivity index is 1.60. The minimum atomic E-state index is -3.98. The van der Waals surface area contributed by atoms with Crippen molar-refractivity contribution in [1.29, 1.82) is 0 Å². The van der Waals surface area contributed by atoms with Gasteiger partial charge in [-0.15, -0.1) is 0 Å². The smallest absolute Gasteiger partial charge is 0.269 e. The van der Waals surface area contributed by atoms with Crippen LogP contribution in [0.5, 0.6) is 0 Å². The number of nitrogens with two attached hydrogens (primary N) is 1. The van der Waals surface area contributed by atoms with Crippen molar-refractivity contribution in [3.05, 3.63) is 108 Å². The van der Waals surface area contributed by atoms with Crippen LogP contribution >= 0.6 is 0 Å². The molecule has 0 unspecified atom stereocenters. The van der Waals surface area contributed by atoms with Gasteiger partial charge in [-0.2, -0.15) is 0 Å². The van der Waals surface area contributed by atoms with Gasteiger partial charge in [-0.1, -0.05) is 17.7 Å². The van der Waals surface area contributed by atoms with Gasteiger partial charge < -0.3 is 11.1 Å². The zero-order chi connectivity index (χ0) is 27.7. The van der Waals surface area contributed by atoms with Crippen molar-refractivity contribution in [1.82, 2.24) is 13.9 Å². The SMILES string of the molecule is Cc1ccc(S(=O)(=O)n2cc(-c3cc(NCc4cc(F)cc(F)c4)c(CC(N)=O)cn3)c3cccnc32)cc1. The number of primary amides is 1. The molecule has 0 aliphatic heterocycles. The van der Waals surface area contributed by atoms with Crippen molar-refractivity contribution in [2.45, 2.75) is 24.8 Å². The van der Waals surface area contributed by atoms with Crippen LogP contribution in [0.1, 0.15) is 16.7 Å².